The number of hydrogen-bond acceptors (Lipinski definition) is 5. The summed E-state index contributed by atoms with van der Waals surface area (Å²) in [6.07, 6.45) is 6.35. The number of carbonyl (C=O) groups excluding carboxylic acids is 3. The molecule has 182 valence electrons. The van der Waals surface area contributed by atoms with E-state index >= 15 is 0 Å². The SMILES string of the molecule is CC(=O)N(C(=O)Nc1ccccc1Cl)c1ccc(-c2cnc(C3CCC(CC(N)=O)CC3)s2)cc1. The van der Waals surface area contributed by atoms with Gasteiger partial charge in [-0.1, -0.05) is 35.9 Å². The van der Waals surface area contributed by atoms with Gasteiger partial charge in [0.2, 0.25) is 11.8 Å². The van der Waals surface area contributed by atoms with Gasteiger partial charge in [-0.2, -0.15) is 0 Å². The minimum atomic E-state index is -0.578. The van der Waals surface area contributed by atoms with Crippen LogP contribution in [-0.2, 0) is 9.59 Å². The van der Waals surface area contributed by atoms with Crippen molar-refractivity contribution in [3.8, 4) is 10.4 Å². The van der Waals surface area contributed by atoms with E-state index in [0.717, 1.165) is 46.0 Å². The van der Waals surface area contributed by atoms with Crippen LogP contribution in [0.2, 0.25) is 5.02 Å². The minimum Gasteiger partial charge on any atom is -0.370 e. The fourth-order valence-corrected chi connectivity index (χ4v) is 5.73. The third-order valence-corrected chi connectivity index (χ3v) is 7.79. The van der Waals surface area contributed by atoms with Gasteiger partial charge in [0, 0.05) is 25.5 Å². The number of imide groups is 1. The molecule has 1 fully saturated rings. The fourth-order valence-electron chi connectivity index (χ4n) is 4.46. The number of thiazole rings is 1. The predicted molar refractivity (Wildman–Crippen MR) is 140 cm³/mol. The maximum Gasteiger partial charge on any atom is 0.333 e. The Balaban J connectivity index is 1.44. The van der Waals surface area contributed by atoms with Crippen molar-refractivity contribution in [2.45, 2.75) is 44.9 Å². The molecule has 1 aliphatic rings. The standard InChI is InChI=1S/C26H27ClN4O3S/c1-16(32)31(26(34)30-22-5-3-2-4-21(22)27)20-12-10-18(11-13-20)23-15-29-25(35-23)19-8-6-17(7-9-19)14-24(28)33/h2-5,10-13,15,17,19H,6-9,14H2,1H3,(H2,28,33)(H,30,34). The Kier molecular flexibility index (Phi) is 7.83. The molecular formula is C26H27ClN4O3S. The number of nitrogens with two attached hydrogens (primary N) is 1. The number of nitrogens with one attached hydrogen (secondary N) is 1. The third kappa shape index (κ3) is 6.07. The van der Waals surface area contributed by atoms with Crippen LogP contribution in [0.4, 0.5) is 16.2 Å². The van der Waals surface area contributed by atoms with Gasteiger partial charge < -0.3 is 11.1 Å². The molecule has 4 rings (SSSR count). The van der Waals surface area contributed by atoms with Gasteiger partial charge in [-0.15, -0.1) is 11.3 Å². The van der Waals surface area contributed by atoms with E-state index in [1.165, 1.54) is 6.92 Å². The van der Waals surface area contributed by atoms with E-state index in [4.69, 9.17) is 17.3 Å². The van der Waals surface area contributed by atoms with E-state index < -0.39 is 11.9 Å². The van der Waals surface area contributed by atoms with Crippen molar-refractivity contribution in [3.63, 3.8) is 0 Å². The number of benzene rings is 2. The van der Waals surface area contributed by atoms with Crippen molar-refractivity contribution in [2.24, 2.45) is 11.7 Å². The molecule has 0 radical (unpaired) electrons. The van der Waals surface area contributed by atoms with Gasteiger partial charge in [0.1, 0.15) is 0 Å². The van der Waals surface area contributed by atoms with Crippen molar-refractivity contribution < 1.29 is 14.4 Å². The Bertz CT molecular complexity index is 1220. The number of urea groups is 1. The molecule has 0 spiro atoms. The van der Waals surface area contributed by atoms with Crippen LogP contribution < -0.4 is 16.0 Å². The summed E-state index contributed by atoms with van der Waals surface area (Å²) in [5.41, 5.74) is 7.20. The second-order valence-electron chi connectivity index (χ2n) is 8.76. The van der Waals surface area contributed by atoms with Crippen LogP contribution in [-0.4, -0.2) is 22.8 Å². The van der Waals surface area contributed by atoms with Crippen LogP contribution in [0.5, 0.6) is 0 Å². The zero-order chi connectivity index (χ0) is 24.9. The second-order valence-corrected chi connectivity index (χ2v) is 10.2. The average Bonchev–Trinajstić information content (AvgIpc) is 3.31. The number of aromatic nitrogens is 1. The molecule has 4 amide bonds. The van der Waals surface area contributed by atoms with E-state index in [2.05, 4.69) is 10.3 Å². The molecule has 0 bridgehead atoms. The highest BCUT2D eigenvalue weighted by Gasteiger charge is 2.26. The summed E-state index contributed by atoms with van der Waals surface area (Å²) in [6, 6.07) is 13.5. The number of anilines is 2. The summed E-state index contributed by atoms with van der Waals surface area (Å²) in [5, 5.41) is 4.18. The van der Waals surface area contributed by atoms with E-state index in [-0.39, 0.29) is 5.91 Å². The Labute approximate surface area is 213 Å². The first-order chi connectivity index (χ1) is 16.8. The number of hydrogen-bond donors (Lipinski definition) is 2. The van der Waals surface area contributed by atoms with Gasteiger partial charge in [-0.3, -0.25) is 9.59 Å². The highest BCUT2D eigenvalue weighted by molar-refractivity contribution is 7.15. The molecule has 0 saturated heterocycles. The van der Waals surface area contributed by atoms with E-state index in [1.54, 1.807) is 47.7 Å². The molecule has 0 unspecified atom stereocenters. The summed E-state index contributed by atoms with van der Waals surface area (Å²) in [4.78, 5) is 43.0. The number of halogens is 1. The van der Waals surface area contributed by atoms with E-state index in [0.29, 0.717) is 34.7 Å². The van der Waals surface area contributed by atoms with Gasteiger partial charge in [0.25, 0.3) is 0 Å². The van der Waals surface area contributed by atoms with Crippen LogP contribution in [0.1, 0.15) is 50.0 Å². The molecule has 1 saturated carbocycles. The monoisotopic (exact) mass is 510 g/mol. The average molecular weight is 511 g/mol. The number of rotatable bonds is 6. The molecule has 2 aromatic carbocycles. The van der Waals surface area contributed by atoms with Crippen LogP contribution in [0.3, 0.4) is 0 Å². The molecule has 3 aromatic rings. The Hall–Kier alpha value is -3.23. The maximum absolute atomic E-state index is 12.8. The number of nitrogens with zero attached hydrogens (tertiary/aromatic N) is 2. The summed E-state index contributed by atoms with van der Waals surface area (Å²) >= 11 is 7.79. The zero-order valence-corrected chi connectivity index (χ0v) is 20.9. The summed E-state index contributed by atoms with van der Waals surface area (Å²) < 4.78 is 0. The van der Waals surface area contributed by atoms with Gasteiger partial charge in [0.15, 0.2) is 0 Å². The molecule has 1 aliphatic carbocycles. The first kappa shape index (κ1) is 24.9. The lowest BCUT2D eigenvalue weighted by Gasteiger charge is -2.26. The predicted octanol–water partition coefficient (Wildman–Crippen LogP) is 6.20. The number of primary amides is 1. The molecular weight excluding hydrogens is 484 g/mol. The minimum absolute atomic E-state index is 0.224. The molecule has 35 heavy (non-hydrogen) atoms. The van der Waals surface area contributed by atoms with Crippen LogP contribution in [0, 0.1) is 5.92 Å². The molecule has 0 atom stereocenters. The summed E-state index contributed by atoms with van der Waals surface area (Å²) in [7, 11) is 0. The van der Waals surface area contributed by atoms with Crippen LogP contribution in [0.15, 0.2) is 54.7 Å². The lowest BCUT2D eigenvalue weighted by atomic mass is 9.81. The number of amides is 4. The van der Waals surface area contributed by atoms with Crippen molar-refractivity contribution in [2.75, 3.05) is 10.2 Å². The van der Waals surface area contributed by atoms with E-state index in [9.17, 15) is 14.4 Å². The lowest BCUT2D eigenvalue weighted by molar-refractivity contribution is -0.119. The second kappa shape index (κ2) is 11.0. The third-order valence-electron chi connectivity index (χ3n) is 6.25. The fraction of sp³-hybridized carbons (Fsp3) is 0.308. The Morgan fingerprint density at radius 3 is 2.40 bits per heavy atom. The number of carbonyl (C=O) groups is 3. The normalized spacial score (nSPS) is 17.5. The van der Waals surface area contributed by atoms with Crippen LogP contribution in [0.25, 0.3) is 10.4 Å². The first-order valence-corrected chi connectivity index (χ1v) is 12.7. The highest BCUT2D eigenvalue weighted by Crippen LogP contribution is 2.40. The molecule has 1 heterocycles. The summed E-state index contributed by atoms with van der Waals surface area (Å²) in [6.45, 7) is 1.34. The Morgan fingerprint density at radius 2 is 1.77 bits per heavy atom. The summed E-state index contributed by atoms with van der Waals surface area (Å²) in [5.74, 6) is 0.154. The smallest absolute Gasteiger partial charge is 0.333 e. The lowest BCUT2D eigenvalue weighted by Crippen LogP contribution is -2.38. The molecule has 9 heteroatoms. The van der Waals surface area contributed by atoms with Gasteiger partial charge >= 0.3 is 6.03 Å². The van der Waals surface area contributed by atoms with Gasteiger partial charge in [-0.25, -0.2) is 14.7 Å². The quantitative estimate of drug-likeness (QED) is 0.412. The van der Waals surface area contributed by atoms with Crippen molar-refractivity contribution in [1.29, 1.82) is 0 Å². The zero-order valence-electron chi connectivity index (χ0n) is 19.4. The molecule has 7 nitrogen and oxygen atoms in total. The Morgan fingerprint density at radius 1 is 1.09 bits per heavy atom. The molecule has 0 aliphatic heterocycles. The first-order valence-electron chi connectivity index (χ1n) is 11.5. The molecule has 3 N–H and O–H groups in total. The number of para-hydroxylation sites is 1. The topological polar surface area (TPSA) is 105 Å². The van der Waals surface area contributed by atoms with Crippen molar-refractivity contribution in [3.05, 3.63) is 64.8 Å². The largest absolute Gasteiger partial charge is 0.370 e. The van der Waals surface area contributed by atoms with Crippen molar-refractivity contribution in [1.82, 2.24) is 4.98 Å². The van der Waals surface area contributed by atoms with Gasteiger partial charge in [-0.05, 0) is 61.4 Å². The molecule has 1 aromatic heterocycles. The van der Waals surface area contributed by atoms with E-state index in [1.807, 2.05) is 18.3 Å². The highest BCUT2D eigenvalue weighted by atomic mass is 35.5. The van der Waals surface area contributed by atoms with Crippen molar-refractivity contribution >= 4 is 52.2 Å². The van der Waals surface area contributed by atoms with Gasteiger partial charge in [0.05, 0.1) is 26.3 Å². The van der Waals surface area contributed by atoms with Crippen LogP contribution >= 0.6 is 22.9 Å². The maximum atomic E-state index is 12.8.